The number of hydrogen-bond donors (Lipinski definition) is 1. The Labute approximate surface area is 119 Å². The van der Waals surface area contributed by atoms with Gasteiger partial charge in [-0.05, 0) is 38.4 Å². The van der Waals surface area contributed by atoms with E-state index in [1.54, 1.807) is 6.20 Å². The molecular weight excluding hydrogens is 250 g/mol. The molecule has 2 rings (SSSR count). The van der Waals surface area contributed by atoms with E-state index >= 15 is 0 Å². The third-order valence-electron chi connectivity index (χ3n) is 2.77. The SMILES string of the molecule is Cc1cc(CNCC(C)C)nc(-c2ccnc(C)n2)n1. The Kier molecular flexibility index (Phi) is 4.74. The average molecular weight is 271 g/mol. The molecule has 2 aromatic rings. The molecule has 20 heavy (non-hydrogen) atoms. The molecule has 0 atom stereocenters. The molecule has 0 bridgehead atoms. The fourth-order valence-electron chi connectivity index (χ4n) is 1.91. The van der Waals surface area contributed by atoms with Crippen LogP contribution in [0.1, 0.15) is 31.1 Å². The van der Waals surface area contributed by atoms with Crippen molar-refractivity contribution < 1.29 is 0 Å². The number of aryl methyl sites for hydroxylation is 2. The molecule has 2 heterocycles. The van der Waals surface area contributed by atoms with Gasteiger partial charge < -0.3 is 5.32 Å². The molecule has 106 valence electrons. The Morgan fingerprint density at radius 3 is 2.65 bits per heavy atom. The maximum absolute atomic E-state index is 4.58. The van der Waals surface area contributed by atoms with Crippen LogP contribution in [0.5, 0.6) is 0 Å². The lowest BCUT2D eigenvalue weighted by atomic mass is 10.2. The van der Waals surface area contributed by atoms with Crippen LogP contribution in [-0.4, -0.2) is 26.5 Å². The fraction of sp³-hybridized carbons (Fsp3) is 0.467. The first-order valence-corrected chi connectivity index (χ1v) is 6.90. The lowest BCUT2D eigenvalue weighted by molar-refractivity contribution is 0.548. The van der Waals surface area contributed by atoms with Gasteiger partial charge >= 0.3 is 0 Å². The molecule has 0 aliphatic rings. The van der Waals surface area contributed by atoms with Crippen LogP contribution in [0.2, 0.25) is 0 Å². The fourth-order valence-corrected chi connectivity index (χ4v) is 1.91. The lowest BCUT2D eigenvalue weighted by Crippen LogP contribution is -2.20. The standard InChI is InChI=1S/C15H21N5/c1-10(2)8-16-9-13-7-11(3)18-15(20-13)14-5-6-17-12(4)19-14/h5-7,10,16H,8-9H2,1-4H3. The van der Waals surface area contributed by atoms with Crippen LogP contribution in [-0.2, 0) is 6.54 Å². The quantitative estimate of drug-likeness (QED) is 0.904. The first kappa shape index (κ1) is 14.5. The van der Waals surface area contributed by atoms with Crippen LogP contribution in [0.15, 0.2) is 18.3 Å². The van der Waals surface area contributed by atoms with E-state index in [0.29, 0.717) is 11.7 Å². The summed E-state index contributed by atoms with van der Waals surface area (Å²) in [6.45, 7) is 9.94. The van der Waals surface area contributed by atoms with E-state index in [-0.39, 0.29) is 0 Å². The van der Waals surface area contributed by atoms with Crippen LogP contribution in [0.25, 0.3) is 11.5 Å². The van der Waals surface area contributed by atoms with Crippen molar-refractivity contribution in [3.63, 3.8) is 0 Å². The van der Waals surface area contributed by atoms with Gasteiger partial charge in [0.05, 0.1) is 5.69 Å². The predicted molar refractivity (Wildman–Crippen MR) is 79.1 cm³/mol. The van der Waals surface area contributed by atoms with Crippen molar-refractivity contribution in [1.29, 1.82) is 0 Å². The van der Waals surface area contributed by atoms with Crippen molar-refractivity contribution in [2.75, 3.05) is 6.54 Å². The van der Waals surface area contributed by atoms with Gasteiger partial charge in [0, 0.05) is 18.4 Å². The molecule has 0 spiro atoms. The van der Waals surface area contributed by atoms with Crippen molar-refractivity contribution >= 4 is 0 Å². The second kappa shape index (κ2) is 6.52. The Morgan fingerprint density at radius 2 is 1.95 bits per heavy atom. The molecule has 0 saturated carbocycles. The Hall–Kier alpha value is -1.88. The number of hydrogen-bond acceptors (Lipinski definition) is 5. The summed E-state index contributed by atoms with van der Waals surface area (Å²) in [7, 11) is 0. The number of nitrogens with zero attached hydrogens (tertiary/aromatic N) is 4. The summed E-state index contributed by atoms with van der Waals surface area (Å²) in [5.74, 6) is 2.02. The Balaban J connectivity index is 2.20. The van der Waals surface area contributed by atoms with Crippen LogP contribution in [0.3, 0.4) is 0 Å². The van der Waals surface area contributed by atoms with E-state index in [2.05, 4.69) is 39.1 Å². The minimum atomic E-state index is 0.627. The monoisotopic (exact) mass is 271 g/mol. The van der Waals surface area contributed by atoms with Gasteiger partial charge in [0.2, 0.25) is 0 Å². The molecule has 0 saturated heterocycles. The molecule has 0 aromatic carbocycles. The summed E-state index contributed by atoms with van der Waals surface area (Å²) < 4.78 is 0. The largest absolute Gasteiger partial charge is 0.311 e. The van der Waals surface area contributed by atoms with E-state index in [1.165, 1.54) is 0 Å². The van der Waals surface area contributed by atoms with Gasteiger partial charge in [0.25, 0.3) is 0 Å². The zero-order valence-electron chi connectivity index (χ0n) is 12.5. The van der Waals surface area contributed by atoms with Crippen LogP contribution in [0, 0.1) is 19.8 Å². The molecule has 0 unspecified atom stereocenters. The van der Waals surface area contributed by atoms with Crippen LogP contribution < -0.4 is 5.32 Å². The van der Waals surface area contributed by atoms with Gasteiger partial charge in [-0.2, -0.15) is 0 Å². The molecule has 2 aromatic heterocycles. The molecule has 0 radical (unpaired) electrons. The zero-order chi connectivity index (χ0) is 14.5. The molecular formula is C15H21N5. The van der Waals surface area contributed by atoms with Gasteiger partial charge in [-0.1, -0.05) is 13.8 Å². The van der Waals surface area contributed by atoms with E-state index in [4.69, 9.17) is 0 Å². The highest BCUT2D eigenvalue weighted by Gasteiger charge is 2.07. The van der Waals surface area contributed by atoms with Crippen molar-refractivity contribution in [3.8, 4) is 11.5 Å². The topological polar surface area (TPSA) is 63.6 Å². The van der Waals surface area contributed by atoms with E-state index in [1.807, 2.05) is 26.0 Å². The van der Waals surface area contributed by atoms with Gasteiger partial charge in [0.15, 0.2) is 5.82 Å². The third kappa shape index (κ3) is 4.06. The second-order valence-corrected chi connectivity index (χ2v) is 5.34. The van der Waals surface area contributed by atoms with Crippen molar-refractivity contribution in [2.24, 2.45) is 5.92 Å². The van der Waals surface area contributed by atoms with E-state index < -0.39 is 0 Å². The Morgan fingerprint density at radius 1 is 1.15 bits per heavy atom. The molecule has 0 amide bonds. The van der Waals surface area contributed by atoms with E-state index in [9.17, 15) is 0 Å². The maximum atomic E-state index is 4.58. The second-order valence-electron chi connectivity index (χ2n) is 5.34. The Bertz CT molecular complexity index is 580. The lowest BCUT2D eigenvalue weighted by Gasteiger charge is -2.09. The number of aromatic nitrogens is 4. The zero-order valence-corrected chi connectivity index (χ0v) is 12.5. The molecule has 0 fully saturated rings. The highest BCUT2D eigenvalue weighted by atomic mass is 15.0. The van der Waals surface area contributed by atoms with Crippen molar-refractivity contribution in [2.45, 2.75) is 34.2 Å². The number of rotatable bonds is 5. The highest BCUT2D eigenvalue weighted by molar-refractivity contribution is 5.48. The summed E-state index contributed by atoms with van der Waals surface area (Å²) in [6, 6.07) is 3.85. The van der Waals surface area contributed by atoms with Gasteiger partial charge in [0.1, 0.15) is 11.5 Å². The molecule has 0 aliphatic heterocycles. The summed E-state index contributed by atoms with van der Waals surface area (Å²) in [6.07, 6.45) is 1.74. The van der Waals surface area contributed by atoms with Gasteiger partial charge in [-0.15, -0.1) is 0 Å². The van der Waals surface area contributed by atoms with E-state index in [0.717, 1.165) is 36.0 Å². The smallest absolute Gasteiger partial charge is 0.178 e. The van der Waals surface area contributed by atoms with Crippen molar-refractivity contribution in [1.82, 2.24) is 25.3 Å². The highest BCUT2D eigenvalue weighted by Crippen LogP contribution is 2.13. The molecule has 5 heteroatoms. The molecule has 5 nitrogen and oxygen atoms in total. The minimum Gasteiger partial charge on any atom is -0.311 e. The minimum absolute atomic E-state index is 0.627. The van der Waals surface area contributed by atoms with Gasteiger partial charge in [-0.25, -0.2) is 19.9 Å². The predicted octanol–water partition coefficient (Wildman–Crippen LogP) is 2.30. The van der Waals surface area contributed by atoms with Crippen LogP contribution in [0.4, 0.5) is 0 Å². The third-order valence-corrected chi connectivity index (χ3v) is 2.77. The molecule has 1 N–H and O–H groups in total. The normalized spacial score (nSPS) is 11.1. The average Bonchev–Trinajstić information content (AvgIpc) is 2.37. The van der Waals surface area contributed by atoms with Crippen molar-refractivity contribution in [3.05, 3.63) is 35.5 Å². The number of nitrogens with one attached hydrogen (secondary N) is 1. The summed E-state index contributed by atoms with van der Waals surface area (Å²) in [5, 5.41) is 3.40. The summed E-state index contributed by atoms with van der Waals surface area (Å²) in [4.78, 5) is 17.5. The maximum Gasteiger partial charge on any atom is 0.178 e. The first-order valence-electron chi connectivity index (χ1n) is 6.90. The molecule has 0 aliphatic carbocycles. The van der Waals surface area contributed by atoms with Gasteiger partial charge in [-0.3, -0.25) is 0 Å². The first-order chi connectivity index (χ1) is 9.54. The summed E-state index contributed by atoms with van der Waals surface area (Å²) >= 11 is 0. The van der Waals surface area contributed by atoms with Crippen LogP contribution >= 0.6 is 0 Å². The summed E-state index contributed by atoms with van der Waals surface area (Å²) in [5.41, 5.74) is 2.71.